The fourth-order valence-corrected chi connectivity index (χ4v) is 4.04. The third-order valence-corrected chi connectivity index (χ3v) is 5.51. The Bertz CT molecular complexity index is 441. The highest BCUT2D eigenvalue weighted by molar-refractivity contribution is 6.30. The maximum atomic E-state index is 10.9. The zero-order valence-electron chi connectivity index (χ0n) is 11.2. The third-order valence-electron chi connectivity index (χ3n) is 5.26. The van der Waals surface area contributed by atoms with Gasteiger partial charge in [0.05, 0.1) is 6.10 Å². The third kappa shape index (κ3) is 2.20. The van der Waals surface area contributed by atoms with Crippen molar-refractivity contribution in [3.63, 3.8) is 0 Å². The normalized spacial score (nSPS) is 30.9. The highest BCUT2D eigenvalue weighted by atomic mass is 35.5. The maximum absolute atomic E-state index is 10.9. The Morgan fingerprint density at radius 3 is 2.32 bits per heavy atom. The van der Waals surface area contributed by atoms with Crippen LogP contribution in [-0.2, 0) is 5.41 Å². The minimum atomic E-state index is -0.306. The summed E-state index contributed by atoms with van der Waals surface area (Å²) < 4.78 is 0. The van der Waals surface area contributed by atoms with E-state index in [1.165, 1.54) is 12.0 Å². The van der Waals surface area contributed by atoms with Gasteiger partial charge in [-0.3, -0.25) is 0 Å². The molecule has 2 saturated carbocycles. The van der Waals surface area contributed by atoms with Gasteiger partial charge in [0.25, 0.3) is 0 Å². The highest BCUT2D eigenvalue weighted by Gasteiger charge is 2.49. The van der Waals surface area contributed by atoms with Crippen molar-refractivity contribution in [1.29, 1.82) is 0 Å². The molecule has 2 nitrogen and oxygen atoms in total. The molecule has 3 rings (SSSR count). The van der Waals surface area contributed by atoms with Crippen molar-refractivity contribution in [3.05, 3.63) is 34.9 Å². The van der Waals surface area contributed by atoms with E-state index in [0.717, 1.165) is 37.1 Å². The van der Waals surface area contributed by atoms with E-state index < -0.39 is 0 Å². The number of rotatable bonds is 3. The standard InChI is InChI=1S/C16H22ClNO/c17-12-7-5-11(6-8-12)16(9-2-10-16)15(19)13-3-1-4-14(13)18/h5-8,13-15,19H,1-4,9-10,18H2. The van der Waals surface area contributed by atoms with Crippen LogP contribution in [0, 0.1) is 5.92 Å². The van der Waals surface area contributed by atoms with Crippen molar-refractivity contribution in [3.8, 4) is 0 Å². The molecule has 19 heavy (non-hydrogen) atoms. The van der Waals surface area contributed by atoms with Crippen LogP contribution >= 0.6 is 11.6 Å². The molecule has 0 bridgehead atoms. The molecule has 2 aliphatic carbocycles. The molecular weight excluding hydrogens is 258 g/mol. The molecule has 0 saturated heterocycles. The summed E-state index contributed by atoms with van der Waals surface area (Å²) in [5.74, 6) is 0.260. The van der Waals surface area contributed by atoms with Crippen LogP contribution in [0.5, 0.6) is 0 Å². The summed E-state index contributed by atoms with van der Waals surface area (Å²) in [6.45, 7) is 0. The predicted octanol–water partition coefficient (Wildman–Crippen LogP) is 3.25. The molecule has 1 aromatic rings. The van der Waals surface area contributed by atoms with Crippen molar-refractivity contribution in [2.45, 2.75) is 56.1 Å². The average molecular weight is 280 g/mol. The van der Waals surface area contributed by atoms with Gasteiger partial charge in [0.1, 0.15) is 0 Å². The molecule has 3 N–H and O–H groups in total. The first kappa shape index (κ1) is 13.4. The van der Waals surface area contributed by atoms with Crippen LogP contribution in [0.25, 0.3) is 0 Å². The number of aliphatic hydroxyl groups is 1. The summed E-state index contributed by atoms with van der Waals surface area (Å²) in [5, 5.41) is 11.7. The lowest BCUT2D eigenvalue weighted by Crippen LogP contribution is -2.51. The topological polar surface area (TPSA) is 46.2 Å². The summed E-state index contributed by atoms with van der Waals surface area (Å²) >= 11 is 5.97. The van der Waals surface area contributed by atoms with Crippen molar-refractivity contribution < 1.29 is 5.11 Å². The minimum absolute atomic E-state index is 0.0722. The molecule has 0 heterocycles. The summed E-state index contributed by atoms with van der Waals surface area (Å²) in [7, 11) is 0. The van der Waals surface area contributed by atoms with Gasteiger partial charge in [0, 0.05) is 22.4 Å². The minimum Gasteiger partial charge on any atom is -0.392 e. The number of hydrogen-bond acceptors (Lipinski definition) is 2. The predicted molar refractivity (Wildman–Crippen MR) is 78.3 cm³/mol. The second kappa shape index (κ2) is 5.08. The first-order valence-electron chi connectivity index (χ1n) is 7.33. The number of hydrogen-bond donors (Lipinski definition) is 2. The van der Waals surface area contributed by atoms with E-state index in [2.05, 4.69) is 12.1 Å². The van der Waals surface area contributed by atoms with Crippen LogP contribution in [-0.4, -0.2) is 17.3 Å². The Hall–Kier alpha value is -0.570. The first-order valence-corrected chi connectivity index (χ1v) is 7.71. The second-order valence-corrected chi connectivity index (χ2v) is 6.66. The van der Waals surface area contributed by atoms with Gasteiger partial charge in [-0.2, -0.15) is 0 Å². The lowest BCUT2D eigenvalue weighted by molar-refractivity contribution is -0.0166. The Morgan fingerprint density at radius 2 is 1.84 bits per heavy atom. The number of benzene rings is 1. The quantitative estimate of drug-likeness (QED) is 0.892. The molecule has 104 valence electrons. The SMILES string of the molecule is NC1CCCC1C(O)C1(c2ccc(Cl)cc2)CCC1. The summed E-state index contributed by atoms with van der Waals surface area (Å²) in [5.41, 5.74) is 7.34. The molecule has 1 aromatic carbocycles. The van der Waals surface area contributed by atoms with Gasteiger partial charge in [-0.25, -0.2) is 0 Å². The Balaban J connectivity index is 1.88. The first-order chi connectivity index (χ1) is 9.13. The molecule has 0 amide bonds. The van der Waals surface area contributed by atoms with Gasteiger partial charge in [-0.1, -0.05) is 36.6 Å². The molecule has 0 radical (unpaired) electrons. The smallest absolute Gasteiger partial charge is 0.0679 e. The lowest BCUT2D eigenvalue weighted by Gasteiger charge is -2.49. The largest absolute Gasteiger partial charge is 0.392 e. The molecule has 2 aliphatic rings. The summed E-state index contributed by atoms with van der Waals surface area (Å²) in [4.78, 5) is 0. The molecule has 0 spiro atoms. The Kier molecular flexibility index (Phi) is 3.59. The van der Waals surface area contributed by atoms with Gasteiger partial charge >= 0.3 is 0 Å². The summed E-state index contributed by atoms with van der Waals surface area (Å²) in [6.07, 6.45) is 6.30. The highest BCUT2D eigenvalue weighted by Crippen LogP contribution is 2.50. The number of nitrogens with two attached hydrogens (primary N) is 1. The van der Waals surface area contributed by atoms with Gasteiger partial charge in [0.2, 0.25) is 0 Å². The van der Waals surface area contributed by atoms with E-state index in [4.69, 9.17) is 17.3 Å². The van der Waals surface area contributed by atoms with E-state index in [-0.39, 0.29) is 23.5 Å². The molecule has 3 atom stereocenters. The van der Waals surface area contributed by atoms with Gasteiger partial charge in [-0.05, 0) is 43.4 Å². The van der Waals surface area contributed by atoms with Crippen LogP contribution in [0.1, 0.15) is 44.1 Å². The maximum Gasteiger partial charge on any atom is 0.0679 e. The van der Waals surface area contributed by atoms with Crippen LogP contribution in [0.2, 0.25) is 5.02 Å². The summed E-state index contributed by atoms with van der Waals surface area (Å²) in [6, 6.07) is 8.17. The van der Waals surface area contributed by atoms with Crippen LogP contribution in [0.4, 0.5) is 0 Å². The van der Waals surface area contributed by atoms with Gasteiger partial charge in [-0.15, -0.1) is 0 Å². The van der Waals surface area contributed by atoms with Gasteiger partial charge < -0.3 is 10.8 Å². The average Bonchev–Trinajstić information content (AvgIpc) is 2.76. The van der Waals surface area contributed by atoms with Crippen molar-refractivity contribution in [2.24, 2.45) is 11.7 Å². The Morgan fingerprint density at radius 1 is 1.16 bits per heavy atom. The zero-order valence-corrected chi connectivity index (χ0v) is 11.9. The van der Waals surface area contributed by atoms with Gasteiger partial charge in [0.15, 0.2) is 0 Å². The monoisotopic (exact) mass is 279 g/mol. The van der Waals surface area contributed by atoms with Crippen LogP contribution < -0.4 is 5.73 Å². The van der Waals surface area contributed by atoms with Crippen LogP contribution in [0.3, 0.4) is 0 Å². The molecule has 3 heteroatoms. The fourth-order valence-electron chi connectivity index (χ4n) is 3.91. The van der Waals surface area contributed by atoms with Crippen molar-refractivity contribution in [1.82, 2.24) is 0 Å². The fraction of sp³-hybridized carbons (Fsp3) is 0.625. The van der Waals surface area contributed by atoms with E-state index in [1.807, 2.05) is 12.1 Å². The molecule has 0 aromatic heterocycles. The zero-order chi connectivity index (χ0) is 13.5. The van der Waals surface area contributed by atoms with Crippen LogP contribution in [0.15, 0.2) is 24.3 Å². The molecule has 0 aliphatic heterocycles. The van der Waals surface area contributed by atoms with Crippen molar-refractivity contribution >= 4 is 11.6 Å². The molecular formula is C16H22ClNO. The number of aliphatic hydroxyl groups excluding tert-OH is 1. The van der Waals surface area contributed by atoms with E-state index >= 15 is 0 Å². The molecule has 2 fully saturated rings. The van der Waals surface area contributed by atoms with E-state index in [0.29, 0.717) is 0 Å². The molecule has 3 unspecified atom stereocenters. The van der Waals surface area contributed by atoms with E-state index in [9.17, 15) is 5.11 Å². The Labute approximate surface area is 120 Å². The van der Waals surface area contributed by atoms with E-state index in [1.54, 1.807) is 0 Å². The second-order valence-electron chi connectivity index (χ2n) is 6.22. The number of halogens is 1. The van der Waals surface area contributed by atoms with Crippen molar-refractivity contribution in [2.75, 3.05) is 0 Å². The lowest BCUT2D eigenvalue weighted by atomic mass is 9.58.